The first kappa shape index (κ1) is 27.5. The van der Waals surface area contributed by atoms with Gasteiger partial charge in [0.1, 0.15) is 5.52 Å². The monoisotopic (exact) mass is 556 g/mol. The van der Waals surface area contributed by atoms with Gasteiger partial charge in [-0.25, -0.2) is 23.7 Å². The van der Waals surface area contributed by atoms with Crippen LogP contribution in [0.1, 0.15) is 6.92 Å². The maximum atomic E-state index is 15.4. The van der Waals surface area contributed by atoms with Gasteiger partial charge in [0, 0.05) is 24.8 Å². The van der Waals surface area contributed by atoms with Crippen LogP contribution in [0.2, 0.25) is 0 Å². The molecule has 40 heavy (non-hydrogen) atoms. The van der Waals surface area contributed by atoms with Crippen LogP contribution in [0, 0.1) is 11.6 Å². The minimum atomic E-state index is -0.906. The van der Waals surface area contributed by atoms with Crippen molar-refractivity contribution in [1.29, 1.82) is 0 Å². The first-order valence-electron chi connectivity index (χ1n) is 12.6. The summed E-state index contributed by atoms with van der Waals surface area (Å²) in [6, 6.07) is 2.07. The van der Waals surface area contributed by atoms with Gasteiger partial charge in [0.25, 0.3) is 0 Å². The van der Waals surface area contributed by atoms with E-state index in [4.69, 9.17) is 23.9 Å². The molecule has 2 saturated heterocycles. The number of rotatable bonds is 9. The van der Waals surface area contributed by atoms with E-state index >= 15 is 8.78 Å². The predicted octanol–water partition coefficient (Wildman–Crippen LogP) is 2.69. The average molecular weight is 557 g/mol. The van der Waals surface area contributed by atoms with Crippen molar-refractivity contribution in [1.82, 2.24) is 20.3 Å². The first-order chi connectivity index (χ1) is 19.2. The van der Waals surface area contributed by atoms with Gasteiger partial charge in [0.2, 0.25) is 11.9 Å². The van der Waals surface area contributed by atoms with Gasteiger partial charge in [0.15, 0.2) is 29.0 Å². The lowest BCUT2D eigenvalue weighted by molar-refractivity contribution is -0.117. The Balaban J connectivity index is 1.58. The highest BCUT2D eigenvalue weighted by atomic mass is 19.1. The molecule has 0 aliphatic carbocycles. The molecule has 212 valence electrons. The van der Waals surface area contributed by atoms with Crippen LogP contribution in [-0.4, -0.2) is 86.2 Å². The molecule has 5 rings (SSSR count). The molecule has 2 aliphatic rings. The fourth-order valence-electron chi connectivity index (χ4n) is 4.84. The van der Waals surface area contributed by atoms with Crippen molar-refractivity contribution < 1.29 is 32.5 Å². The minimum Gasteiger partial charge on any atom is -0.494 e. The molecule has 3 aromatic rings. The van der Waals surface area contributed by atoms with Crippen LogP contribution in [-0.2, 0) is 14.3 Å². The fourth-order valence-corrected chi connectivity index (χ4v) is 4.84. The number of hydrogen-bond donors (Lipinski definition) is 2. The molecule has 11 nitrogen and oxygen atoms in total. The predicted molar refractivity (Wildman–Crippen MR) is 144 cm³/mol. The second kappa shape index (κ2) is 10.8. The number of pyridine rings is 1. The lowest BCUT2D eigenvalue weighted by Crippen LogP contribution is -2.61. The Kier molecular flexibility index (Phi) is 7.43. The molecular weight excluding hydrogens is 526 g/mol. The largest absolute Gasteiger partial charge is 0.494 e. The van der Waals surface area contributed by atoms with Crippen LogP contribution in [0.4, 0.5) is 20.5 Å². The molecule has 2 fully saturated rings. The zero-order valence-electron chi connectivity index (χ0n) is 22.6. The molecule has 0 unspecified atom stereocenters. The number of halogens is 2. The summed E-state index contributed by atoms with van der Waals surface area (Å²) >= 11 is 0. The lowest BCUT2D eigenvalue weighted by atomic mass is 9.96. The van der Waals surface area contributed by atoms with Crippen molar-refractivity contribution in [2.45, 2.75) is 24.6 Å². The number of benzene rings is 1. The zero-order valence-corrected chi connectivity index (χ0v) is 22.6. The molecule has 2 atom stereocenters. The van der Waals surface area contributed by atoms with Gasteiger partial charge in [-0.2, -0.15) is 0 Å². The standard InChI is InChI=1S/C27H30F2N6O5/c1-6-20(36)31-16-10-40-11-17(16)33-26-30-9-14-7-15(21-22(28)18(37-3)8-19(38-4)23(21)29)32-25(24(14)34-26)35-12-27(2,13-35)39-5/h6-9,16-17H,1,10-13H2,2-5H3,(H,31,36)(H,30,33,34)/t16-,17+/m0/s1. The highest BCUT2D eigenvalue weighted by Crippen LogP contribution is 2.40. The Hall–Kier alpha value is -4.10. The Labute approximate surface area is 229 Å². The summed E-state index contributed by atoms with van der Waals surface area (Å²) in [6.07, 6.45) is 2.75. The molecule has 1 amide bonds. The Morgan fingerprint density at radius 2 is 1.80 bits per heavy atom. The number of amides is 1. The normalized spacial score (nSPS) is 19.7. The third kappa shape index (κ3) is 4.97. The van der Waals surface area contributed by atoms with Gasteiger partial charge in [0.05, 0.1) is 69.5 Å². The van der Waals surface area contributed by atoms with Crippen molar-refractivity contribution in [3.63, 3.8) is 0 Å². The van der Waals surface area contributed by atoms with Crippen molar-refractivity contribution >= 4 is 28.6 Å². The van der Waals surface area contributed by atoms with E-state index in [0.717, 1.165) is 6.07 Å². The van der Waals surface area contributed by atoms with Crippen LogP contribution >= 0.6 is 0 Å². The quantitative estimate of drug-likeness (QED) is 0.381. The molecule has 2 N–H and O–H groups in total. The Bertz CT molecular complexity index is 1440. The van der Waals surface area contributed by atoms with Crippen molar-refractivity contribution in [2.75, 3.05) is 57.8 Å². The molecule has 4 heterocycles. The van der Waals surface area contributed by atoms with E-state index < -0.39 is 17.2 Å². The second-order valence-corrected chi connectivity index (χ2v) is 9.86. The van der Waals surface area contributed by atoms with Crippen LogP contribution in [0.3, 0.4) is 0 Å². The van der Waals surface area contributed by atoms with Crippen molar-refractivity contribution in [2.24, 2.45) is 0 Å². The lowest BCUT2D eigenvalue weighted by Gasteiger charge is -2.47. The van der Waals surface area contributed by atoms with Gasteiger partial charge < -0.3 is 34.5 Å². The number of nitrogens with one attached hydrogen (secondary N) is 2. The molecule has 2 aromatic heterocycles. The number of fused-ring (bicyclic) bond motifs is 1. The number of carbonyl (C=O) groups excluding carboxylic acids is 1. The van der Waals surface area contributed by atoms with Crippen molar-refractivity contribution in [3.8, 4) is 22.8 Å². The van der Waals surface area contributed by atoms with Crippen molar-refractivity contribution in [3.05, 3.63) is 42.6 Å². The van der Waals surface area contributed by atoms with Gasteiger partial charge in [-0.3, -0.25) is 4.79 Å². The first-order valence-corrected chi connectivity index (χ1v) is 12.6. The molecule has 0 saturated carbocycles. The van der Waals surface area contributed by atoms with E-state index in [1.807, 2.05) is 11.8 Å². The maximum Gasteiger partial charge on any atom is 0.243 e. The van der Waals surface area contributed by atoms with E-state index in [9.17, 15) is 4.79 Å². The van der Waals surface area contributed by atoms with Crippen LogP contribution < -0.4 is 25.0 Å². The summed E-state index contributed by atoms with van der Waals surface area (Å²) in [4.78, 5) is 27.5. The van der Waals surface area contributed by atoms with Crippen LogP contribution in [0.15, 0.2) is 31.0 Å². The van der Waals surface area contributed by atoms with E-state index in [2.05, 4.69) is 27.2 Å². The van der Waals surface area contributed by atoms with Gasteiger partial charge in [-0.1, -0.05) is 6.58 Å². The number of anilines is 2. The summed E-state index contributed by atoms with van der Waals surface area (Å²) < 4.78 is 52.2. The third-order valence-electron chi connectivity index (χ3n) is 7.13. The summed E-state index contributed by atoms with van der Waals surface area (Å²) in [7, 11) is 4.20. The molecule has 2 aliphatic heterocycles. The summed E-state index contributed by atoms with van der Waals surface area (Å²) in [5, 5.41) is 6.56. The van der Waals surface area contributed by atoms with Gasteiger partial charge in [-0.15, -0.1) is 0 Å². The van der Waals surface area contributed by atoms with E-state index in [1.165, 1.54) is 26.4 Å². The molecule has 0 radical (unpaired) electrons. The van der Waals surface area contributed by atoms with E-state index in [-0.39, 0.29) is 46.7 Å². The third-order valence-corrected chi connectivity index (χ3v) is 7.13. The van der Waals surface area contributed by atoms with E-state index in [1.54, 1.807) is 13.3 Å². The fraction of sp³-hybridized carbons (Fsp3) is 0.407. The minimum absolute atomic E-state index is 0.0291. The molecule has 0 spiro atoms. The number of aromatic nitrogens is 3. The summed E-state index contributed by atoms with van der Waals surface area (Å²) in [5.74, 6) is -1.79. The number of methoxy groups -OCH3 is 3. The smallest absolute Gasteiger partial charge is 0.243 e. The number of nitrogens with zero attached hydrogens (tertiary/aromatic N) is 4. The van der Waals surface area contributed by atoms with Gasteiger partial charge in [-0.05, 0) is 19.1 Å². The molecule has 1 aromatic carbocycles. The topological polar surface area (TPSA) is 120 Å². The summed E-state index contributed by atoms with van der Waals surface area (Å²) in [5.41, 5.74) is -0.298. The zero-order chi connectivity index (χ0) is 28.6. The highest BCUT2D eigenvalue weighted by molar-refractivity contribution is 5.93. The summed E-state index contributed by atoms with van der Waals surface area (Å²) in [6.45, 7) is 7.07. The molecule has 0 bridgehead atoms. The maximum absolute atomic E-state index is 15.4. The van der Waals surface area contributed by atoms with Gasteiger partial charge >= 0.3 is 0 Å². The van der Waals surface area contributed by atoms with Crippen LogP contribution in [0.25, 0.3) is 22.2 Å². The number of carbonyl (C=O) groups is 1. The SMILES string of the molecule is C=CC(=O)N[C@H]1COC[C@H]1Nc1ncc2cc(-c3c(F)c(OC)cc(OC)c3F)nc(N3CC(C)(OC)C3)c2n1. The number of ether oxygens (including phenoxy) is 4. The molecular formula is C27H30F2N6O5. The number of hydrogen-bond acceptors (Lipinski definition) is 10. The van der Waals surface area contributed by atoms with E-state index in [0.29, 0.717) is 43.0 Å². The Morgan fingerprint density at radius 1 is 1.12 bits per heavy atom. The Morgan fingerprint density at radius 3 is 2.42 bits per heavy atom. The highest BCUT2D eigenvalue weighted by Gasteiger charge is 2.41. The molecule has 13 heteroatoms. The average Bonchev–Trinajstić information content (AvgIpc) is 3.37. The second-order valence-electron chi connectivity index (χ2n) is 9.86. The van der Waals surface area contributed by atoms with Crippen LogP contribution in [0.5, 0.6) is 11.5 Å².